The fourth-order valence-corrected chi connectivity index (χ4v) is 2.20. The molecule has 122 valence electrons. The molecule has 2 aromatic carbocycles. The van der Waals surface area contributed by atoms with E-state index in [1.165, 1.54) is 0 Å². The van der Waals surface area contributed by atoms with Gasteiger partial charge in [0.15, 0.2) is 5.78 Å². The number of ether oxygens (including phenoxy) is 1. The Bertz CT molecular complexity index is 659. The van der Waals surface area contributed by atoms with E-state index >= 15 is 0 Å². The second kappa shape index (κ2) is 7.51. The summed E-state index contributed by atoms with van der Waals surface area (Å²) in [6.45, 7) is 0.882. The average molecular weight is 317 g/mol. The third-order valence-electron chi connectivity index (χ3n) is 3.31. The van der Waals surface area contributed by atoms with Crippen molar-refractivity contribution < 1.29 is 24.9 Å². The number of hydrogen-bond donors (Lipinski definition) is 4. The Labute approximate surface area is 133 Å². The van der Waals surface area contributed by atoms with Crippen LogP contribution in [0.3, 0.4) is 0 Å². The molecule has 0 unspecified atom stereocenters. The summed E-state index contributed by atoms with van der Waals surface area (Å²) >= 11 is 0. The Hall–Kier alpha value is -2.73. The maximum atomic E-state index is 12.1. The summed E-state index contributed by atoms with van der Waals surface area (Å²) < 4.78 is 5.37. The molecule has 0 bridgehead atoms. The Kier molecular flexibility index (Phi) is 5.43. The van der Waals surface area contributed by atoms with Crippen LogP contribution in [0.1, 0.15) is 22.3 Å². The van der Waals surface area contributed by atoms with Gasteiger partial charge in [-0.3, -0.25) is 4.79 Å². The first kappa shape index (κ1) is 16.6. The van der Waals surface area contributed by atoms with Gasteiger partial charge in [0, 0.05) is 25.1 Å². The molecule has 0 saturated carbocycles. The zero-order chi connectivity index (χ0) is 16.8. The van der Waals surface area contributed by atoms with E-state index < -0.39 is 17.3 Å². The fraction of sp³-hybridized carbons (Fsp3) is 0.235. The highest BCUT2D eigenvalue weighted by Gasteiger charge is 2.17. The van der Waals surface area contributed by atoms with Crippen LogP contribution in [0.15, 0.2) is 36.4 Å². The lowest BCUT2D eigenvalue weighted by Gasteiger charge is -2.08. The van der Waals surface area contributed by atoms with Crippen molar-refractivity contribution in [2.24, 2.45) is 5.73 Å². The Balaban J connectivity index is 1.99. The molecule has 6 nitrogen and oxygen atoms in total. The van der Waals surface area contributed by atoms with Gasteiger partial charge in [-0.05, 0) is 24.1 Å². The maximum absolute atomic E-state index is 12.1. The molecule has 6 heteroatoms. The summed E-state index contributed by atoms with van der Waals surface area (Å²) in [5, 5.41) is 28.6. The number of carbonyl (C=O) groups is 1. The SMILES string of the molecule is NCCOc1ccc(CCC(=O)c2c(O)cc(O)cc2O)cc1. The first-order chi connectivity index (χ1) is 11.0. The molecule has 0 amide bonds. The number of benzene rings is 2. The molecule has 23 heavy (non-hydrogen) atoms. The molecular formula is C17H19NO5. The van der Waals surface area contributed by atoms with E-state index in [4.69, 9.17) is 10.5 Å². The molecule has 0 aliphatic rings. The topological polar surface area (TPSA) is 113 Å². The van der Waals surface area contributed by atoms with Gasteiger partial charge in [-0.25, -0.2) is 0 Å². The molecule has 0 fully saturated rings. The van der Waals surface area contributed by atoms with Gasteiger partial charge in [-0.1, -0.05) is 12.1 Å². The molecule has 0 aliphatic carbocycles. The number of ketones is 1. The van der Waals surface area contributed by atoms with Crippen molar-refractivity contribution in [1.82, 2.24) is 0 Å². The van der Waals surface area contributed by atoms with Gasteiger partial charge < -0.3 is 25.8 Å². The van der Waals surface area contributed by atoms with Crippen LogP contribution in [-0.2, 0) is 6.42 Å². The minimum atomic E-state index is -0.432. The zero-order valence-corrected chi connectivity index (χ0v) is 12.5. The number of phenolic OH excluding ortho intramolecular Hbond substituents is 3. The van der Waals surface area contributed by atoms with E-state index in [-0.39, 0.29) is 17.7 Å². The number of hydrogen-bond acceptors (Lipinski definition) is 6. The molecule has 0 radical (unpaired) electrons. The largest absolute Gasteiger partial charge is 0.508 e. The van der Waals surface area contributed by atoms with Gasteiger partial charge >= 0.3 is 0 Å². The highest BCUT2D eigenvalue weighted by molar-refractivity contribution is 6.01. The predicted molar refractivity (Wildman–Crippen MR) is 85.1 cm³/mol. The van der Waals surface area contributed by atoms with Crippen molar-refractivity contribution in [2.75, 3.05) is 13.2 Å². The minimum absolute atomic E-state index is 0.120. The van der Waals surface area contributed by atoms with Gasteiger partial charge in [0.1, 0.15) is 35.2 Å². The number of nitrogens with two attached hydrogens (primary N) is 1. The van der Waals surface area contributed by atoms with Crippen LogP contribution in [0.4, 0.5) is 0 Å². The molecule has 5 N–H and O–H groups in total. The average Bonchev–Trinajstić information content (AvgIpc) is 2.51. The Morgan fingerprint density at radius 2 is 1.65 bits per heavy atom. The highest BCUT2D eigenvalue weighted by Crippen LogP contribution is 2.33. The number of rotatable bonds is 7. The monoisotopic (exact) mass is 317 g/mol. The van der Waals surface area contributed by atoms with Gasteiger partial charge in [0.05, 0.1) is 0 Å². The number of aromatic hydroxyl groups is 3. The normalized spacial score (nSPS) is 10.5. The van der Waals surface area contributed by atoms with Crippen molar-refractivity contribution in [2.45, 2.75) is 12.8 Å². The first-order valence-corrected chi connectivity index (χ1v) is 7.21. The summed E-state index contributed by atoms with van der Waals surface area (Å²) in [5.74, 6) is -0.858. The van der Waals surface area contributed by atoms with Crippen LogP contribution in [0.25, 0.3) is 0 Å². The van der Waals surface area contributed by atoms with Gasteiger partial charge in [0.2, 0.25) is 0 Å². The molecule has 0 aliphatic heterocycles. The molecule has 0 heterocycles. The third kappa shape index (κ3) is 4.37. The summed E-state index contributed by atoms with van der Waals surface area (Å²) in [6.07, 6.45) is 0.574. The minimum Gasteiger partial charge on any atom is -0.508 e. The quantitative estimate of drug-likeness (QED) is 0.581. The fourth-order valence-electron chi connectivity index (χ4n) is 2.20. The van der Waals surface area contributed by atoms with Crippen LogP contribution in [0, 0.1) is 0 Å². The lowest BCUT2D eigenvalue weighted by molar-refractivity contribution is 0.0977. The molecule has 2 aromatic rings. The highest BCUT2D eigenvalue weighted by atomic mass is 16.5. The van der Waals surface area contributed by atoms with Gasteiger partial charge in [-0.15, -0.1) is 0 Å². The second-order valence-electron chi connectivity index (χ2n) is 5.06. The first-order valence-electron chi connectivity index (χ1n) is 7.21. The zero-order valence-electron chi connectivity index (χ0n) is 12.5. The Morgan fingerprint density at radius 1 is 1.04 bits per heavy atom. The number of Topliss-reactive ketones (excluding diaryl/α,β-unsaturated/α-hetero) is 1. The predicted octanol–water partition coefficient (Wildman–Crippen LogP) is 1.96. The molecule has 0 spiro atoms. The van der Waals surface area contributed by atoms with E-state index in [2.05, 4.69) is 0 Å². The van der Waals surface area contributed by atoms with Gasteiger partial charge in [-0.2, -0.15) is 0 Å². The molecule has 0 aromatic heterocycles. The van der Waals surface area contributed by atoms with E-state index in [1.807, 2.05) is 12.1 Å². The van der Waals surface area contributed by atoms with Crippen molar-refractivity contribution >= 4 is 5.78 Å². The van der Waals surface area contributed by atoms with Gasteiger partial charge in [0.25, 0.3) is 0 Å². The Morgan fingerprint density at radius 3 is 2.22 bits per heavy atom. The lowest BCUT2D eigenvalue weighted by Crippen LogP contribution is -2.10. The van der Waals surface area contributed by atoms with Crippen LogP contribution in [-0.4, -0.2) is 34.3 Å². The molecule has 0 atom stereocenters. The standard InChI is InChI=1S/C17H19NO5/c18-7-8-23-13-4-1-11(2-5-13)3-6-14(20)17-15(21)9-12(19)10-16(17)22/h1-2,4-5,9-10,19,21-22H,3,6-8,18H2. The molecule has 2 rings (SSSR count). The molecule has 0 saturated heterocycles. The molecular weight excluding hydrogens is 298 g/mol. The van der Waals surface area contributed by atoms with Crippen molar-refractivity contribution in [3.05, 3.63) is 47.5 Å². The number of aryl methyl sites for hydroxylation is 1. The summed E-state index contributed by atoms with van der Waals surface area (Å²) in [7, 11) is 0. The lowest BCUT2D eigenvalue weighted by atomic mass is 10.0. The van der Waals surface area contributed by atoms with Crippen LogP contribution >= 0.6 is 0 Å². The van der Waals surface area contributed by atoms with Crippen molar-refractivity contribution in [3.63, 3.8) is 0 Å². The maximum Gasteiger partial charge on any atom is 0.170 e. The van der Waals surface area contributed by atoms with Crippen molar-refractivity contribution in [1.29, 1.82) is 0 Å². The van der Waals surface area contributed by atoms with E-state index in [0.717, 1.165) is 17.7 Å². The number of carbonyl (C=O) groups excluding carboxylic acids is 1. The van der Waals surface area contributed by atoms with E-state index in [1.54, 1.807) is 12.1 Å². The van der Waals surface area contributed by atoms with Crippen LogP contribution in [0.5, 0.6) is 23.0 Å². The third-order valence-corrected chi connectivity index (χ3v) is 3.31. The van der Waals surface area contributed by atoms with Crippen molar-refractivity contribution in [3.8, 4) is 23.0 Å². The smallest absolute Gasteiger partial charge is 0.170 e. The number of phenols is 3. The van der Waals surface area contributed by atoms with Crippen LogP contribution < -0.4 is 10.5 Å². The summed E-state index contributed by atoms with van der Waals surface area (Å²) in [6, 6.07) is 9.33. The second-order valence-corrected chi connectivity index (χ2v) is 5.06. The van der Waals surface area contributed by atoms with E-state index in [9.17, 15) is 20.1 Å². The summed E-state index contributed by atoms with van der Waals surface area (Å²) in [5.41, 5.74) is 6.11. The van der Waals surface area contributed by atoms with E-state index in [0.29, 0.717) is 25.3 Å². The van der Waals surface area contributed by atoms with Crippen LogP contribution in [0.2, 0.25) is 0 Å². The summed E-state index contributed by atoms with van der Waals surface area (Å²) in [4.78, 5) is 12.1.